The summed E-state index contributed by atoms with van der Waals surface area (Å²) >= 11 is 0. The number of aryl methyl sites for hydroxylation is 1. The summed E-state index contributed by atoms with van der Waals surface area (Å²) in [5.74, 6) is 0.510. The molecule has 1 heterocycles. The number of nitrogens with one attached hydrogen (secondary N) is 3. The lowest BCUT2D eigenvalue weighted by Crippen LogP contribution is -2.14. The Bertz CT molecular complexity index is 1140. The molecule has 0 aliphatic heterocycles. The van der Waals surface area contributed by atoms with Gasteiger partial charge in [0.15, 0.2) is 0 Å². The number of sulfonamides is 1. The van der Waals surface area contributed by atoms with Crippen molar-refractivity contribution in [2.75, 3.05) is 29.0 Å². The molecule has 0 saturated heterocycles. The molecule has 0 aliphatic rings. The van der Waals surface area contributed by atoms with Crippen LogP contribution in [0.15, 0.2) is 53.4 Å². The van der Waals surface area contributed by atoms with E-state index in [-0.39, 0.29) is 10.6 Å². The van der Waals surface area contributed by atoms with Crippen LogP contribution in [0, 0.1) is 12.7 Å². The van der Waals surface area contributed by atoms with Crippen LogP contribution in [0.25, 0.3) is 0 Å². The molecule has 0 bridgehead atoms. The first-order chi connectivity index (χ1) is 14.3. The monoisotopic (exact) mass is 431 g/mol. The van der Waals surface area contributed by atoms with E-state index in [4.69, 9.17) is 4.74 Å². The molecule has 3 rings (SSSR count). The highest BCUT2D eigenvalue weighted by molar-refractivity contribution is 7.92. The number of methoxy groups -OCH3 is 1. The quantitative estimate of drug-likeness (QED) is 0.497. The summed E-state index contributed by atoms with van der Waals surface area (Å²) in [6, 6.07) is 11.7. The number of rotatable bonds is 8. The zero-order valence-electron chi connectivity index (χ0n) is 16.7. The molecule has 0 amide bonds. The molecule has 1 aromatic heterocycles. The smallest absolute Gasteiger partial charge is 0.265 e. The van der Waals surface area contributed by atoms with Gasteiger partial charge in [0.2, 0.25) is 5.95 Å². The van der Waals surface area contributed by atoms with Gasteiger partial charge < -0.3 is 15.4 Å². The van der Waals surface area contributed by atoms with Crippen LogP contribution in [-0.4, -0.2) is 32.0 Å². The van der Waals surface area contributed by atoms with Gasteiger partial charge in [0, 0.05) is 29.7 Å². The van der Waals surface area contributed by atoms with Crippen LogP contribution in [0.4, 0.5) is 27.5 Å². The predicted molar refractivity (Wildman–Crippen MR) is 114 cm³/mol. The van der Waals surface area contributed by atoms with E-state index in [0.29, 0.717) is 29.7 Å². The molecule has 0 aliphatic carbocycles. The predicted octanol–water partition coefficient (Wildman–Crippen LogP) is 3.91. The van der Waals surface area contributed by atoms with Crippen LogP contribution in [0.1, 0.15) is 12.6 Å². The van der Waals surface area contributed by atoms with E-state index >= 15 is 0 Å². The average molecular weight is 431 g/mol. The fourth-order valence-electron chi connectivity index (χ4n) is 2.71. The Balaban J connectivity index is 1.77. The van der Waals surface area contributed by atoms with Gasteiger partial charge in [0.25, 0.3) is 10.0 Å². The summed E-state index contributed by atoms with van der Waals surface area (Å²) in [4.78, 5) is 8.39. The number of halogens is 1. The van der Waals surface area contributed by atoms with Crippen molar-refractivity contribution in [1.82, 2.24) is 9.97 Å². The van der Waals surface area contributed by atoms with Crippen molar-refractivity contribution in [2.45, 2.75) is 18.7 Å². The fourth-order valence-corrected chi connectivity index (χ4v) is 3.95. The highest BCUT2D eigenvalue weighted by atomic mass is 32.2. The first-order valence-corrected chi connectivity index (χ1v) is 10.6. The molecule has 2 aromatic carbocycles. The molecule has 30 heavy (non-hydrogen) atoms. The maximum absolute atomic E-state index is 13.5. The minimum Gasteiger partial charge on any atom is -0.495 e. The van der Waals surface area contributed by atoms with Gasteiger partial charge in [0.1, 0.15) is 22.3 Å². The van der Waals surface area contributed by atoms with Gasteiger partial charge in [-0.25, -0.2) is 17.8 Å². The van der Waals surface area contributed by atoms with Crippen molar-refractivity contribution < 1.29 is 17.5 Å². The van der Waals surface area contributed by atoms with Crippen molar-refractivity contribution in [2.24, 2.45) is 0 Å². The van der Waals surface area contributed by atoms with Crippen LogP contribution in [0.2, 0.25) is 0 Å². The number of nitrogens with zero attached hydrogens (tertiary/aromatic N) is 2. The SMILES string of the molecule is CCNc1nc(C)cc(Nc2ccc(NS(=O)(=O)c3cc(F)ccc3OC)cc2)n1. The molecule has 0 spiro atoms. The Morgan fingerprint density at radius 1 is 1.03 bits per heavy atom. The minimum atomic E-state index is -4.03. The molecule has 8 nitrogen and oxygen atoms in total. The van der Waals surface area contributed by atoms with E-state index < -0.39 is 15.8 Å². The van der Waals surface area contributed by atoms with Crippen molar-refractivity contribution in [3.05, 3.63) is 60.0 Å². The van der Waals surface area contributed by atoms with Gasteiger partial charge >= 0.3 is 0 Å². The minimum absolute atomic E-state index is 0.0535. The van der Waals surface area contributed by atoms with Crippen LogP contribution < -0.4 is 20.1 Å². The van der Waals surface area contributed by atoms with Gasteiger partial charge in [-0.2, -0.15) is 4.98 Å². The molecule has 0 saturated carbocycles. The molecule has 0 fully saturated rings. The Hall–Kier alpha value is -3.40. The molecule has 0 radical (unpaired) electrons. The van der Waals surface area contributed by atoms with E-state index in [1.807, 2.05) is 13.8 Å². The third-order valence-corrected chi connectivity index (χ3v) is 5.42. The number of anilines is 4. The molecule has 10 heteroatoms. The lowest BCUT2D eigenvalue weighted by Gasteiger charge is -2.13. The molecule has 0 unspecified atom stereocenters. The Morgan fingerprint density at radius 2 is 1.73 bits per heavy atom. The van der Waals surface area contributed by atoms with Crippen molar-refractivity contribution in [3.63, 3.8) is 0 Å². The average Bonchev–Trinajstić information content (AvgIpc) is 2.69. The Labute approximate surface area is 174 Å². The first-order valence-electron chi connectivity index (χ1n) is 9.13. The second kappa shape index (κ2) is 8.95. The summed E-state index contributed by atoms with van der Waals surface area (Å²) in [6.45, 7) is 4.53. The highest BCUT2D eigenvalue weighted by Crippen LogP contribution is 2.27. The molecule has 158 valence electrons. The zero-order chi connectivity index (χ0) is 21.7. The summed E-state index contributed by atoms with van der Waals surface area (Å²) in [6.07, 6.45) is 0. The van der Waals surface area contributed by atoms with Gasteiger partial charge in [0.05, 0.1) is 7.11 Å². The maximum Gasteiger partial charge on any atom is 0.265 e. The van der Waals surface area contributed by atoms with E-state index in [9.17, 15) is 12.8 Å². The highest BCUT2D eigenvalue weighted by Gasteiger charge is 2.20. The normalized spacial score (nSPS) is 11.1. The van der Waals surface area contributed by atoms with E-state index in [2.05, 4.69) is 25.3 Å². The van der Waals surface area contributed by atoms with Crippen molar-refractivity contribution in [3.8, 4) is 5.75 Å². The number of aromatic nitrogens is 2. The molecular weight excluding hydrogens is 409 g/mol. The number of hydrogen-bond donors (Lipinski definition) is 3. The van der Waals surface area contributed by atoms with Gasteiger partial charge in [-0.3, -0.25) is 4.72 Å². The van der Waals surface area contributed by atoms with Crippen LogP contribution >= 0.6 is 0 Å². The third-order valence-electron chi connectivity index (χ3n) is 4.01. The Kier molecular flexibility index (Phi) is 6.36. The topological polar surface area (TPSA) is 105 Å². The number of hydrogen-bond acceptors (Lipinski definition) is 7. The Morgan fingerprint density at radius 3 is 2.40 bits per heavy atom. The standard InChI is InChI=1S/C20H22FN5O3S/c1-4-22-20-23-13(2)11-19(25-20)24-15-6-8-16(9-7-15)26-30(27,28)18-12-14(21)5-10-17(18)29-3/h5-12,26H,4H2,1-3H3,(H2,22,23,24,25). The van der Waals surface area contributed by atoms with Crippen molar-refractivity contribution in [1.29, 1.82) is 0 Å². The van der Waals surface area contributed by atoms with Gasteiger partial charge in [-0.15, -0.1) is 0 Å². The van der Waals surface area contributed by atoms with Gasteiger partial charge in [-0.05, 0) is 56.3 Å². The fraction of sp³-hybridized carbons (Fsp3) is 0.200. The van der Waals surface area contributed by atoms with E-state index in [1.54, 1.807) is 30.3 Å². The van der Waals surface area contributed by atoms with Crippen LogP contribution in [0.5, 0.6) is 5.75 Å². The van der Waals surface area contributed by atoms with E-state index in [0.717, 1.165) is 17.8 Å². The molecule has 3 aromatic rings. The van der Waals surface area contributed by atoms with E-state index in [1.165, 1.54) is 13.2 Å². The second-order valence-corrected chi connectivity index (χ2v) is 8.00. The summed E-state index contributed by atoms with van der Waals surface area (Å²) in [5, 5.41) is 6.22. The summed E-state index contributed by atoms with van der Waals surface area (Å²) in [5.41, 5.74) is 1.83. The third kappa shape index (κ3) is 5.15. The zero-order valence-corrected chi connectivity index (χ0v) is 17.5. The summed E-state index contributed by atoms with van der Waals surface area (Å²) in [7, 11) is -2.71. The lowest BCUT2D eigenvalue weighted by atomic mass is 10.3. The second-order valence-electron chi connectivity index (χ2n) is 6.35. The van der Waals surface area contributed by atoms with Crippen LogP contribution in [0.3, 0.4) is 0 Å². The van der Waals surface area contributed by atoms with Gasteiger partial charge in [-0.1, -0.05) is 0 Å². The first kappa shape index (κ1) is 21.3. The van der Waals surface area contributed by atoms with Crippen LogP contribution in [-0.2, 0) is 10.0 Å². The molecule has 0 atom stereocenters. The van der Waals surface area contributed by atoms with Crippen molar-refractivity contribution >= 4 is 33.2 Å². The molecular formula is C20H22FN5O3S. The number of ether oxygens (including phenoxy) is 1. The summed E-state index contributed by atoms with van der Waals surface area (Å²) < 4.78 is 46.3. The maximum atomic E-state index is 13.5. The lowest BCUT2D eigenvalue weighted by molar-refractivity contribution is 0.401. The largest absolute Gasteiger partial charge is 0.495 e. The number of benzene rings is 2. The molecule has 3 N–H and O–H groups in total.